The lowest BCUT2D eigenvalue weighted by atomic mass is 10.2. The molecule has 0 fully saturated rings. The lowest BCUT2D eigenvalue weighted by Crippen LogP contribution is -1.99. The Morgan fingerprint density at radius 3 is 1.80 bits per heavy atom. The fraction of sp³-hybridized carbons (Fsp3) is 0. The highest BCUT2D eigenvalue weighted by Crippen LogP contribution is 2.25. The third-order valence-corrected chi connectivity index (χ3v) is 1.49. The van der Waals surface area contributed by atoms with Crippen molar-refractivity contribution in [1.82, 2.24) is 0 Å². The summed E-state index contributed by atoms with van der Waals surface area (Å²) >= 11 is 4.06. The van der Waals surface area contributed by atoms with Crippen LogP contribution in [0, 0.1) is 0 Å². The Kier molecular flexibility index (Phi) is 1.63. The topological polar surface area (TPSA) is 78.1 Å². The number of hydrogen-bond acceptors (Lipinski definition) is 4. The summed E-state index contributed by atoms with van der Waals surface area (Å²) in [5.74, 6) is 0. The van der Waals surface area contributed by atoms with Gasteiger partial charge in [0.25, 0.3) is 0 Å². The Labute approximate surface area is 64.6 Å². The Hall–Kier alpha value is -1.03. The number of thiol groups is 1. The first kappa shape index (κ1) is 7.08. The van der Waals surface area contributed by atoms with E-state index >= 15 is 0 Å². The number of nitrogens with two attached hydrogens (primary N) is 3. The molecule has 0 aliphatic carbocycles. The fourth-order valence-corrected chi connectivity index (χ4v) is 0.961. The third-order valence-electron chi connectivity index (χ3n) is 1.23. The Bertz CT molecular complexity index is 236. The first-order valence-electron chi connectivity index (χ1n) is 2.74. The van der Waals surface area contributed by atoms with Gasteiger partial charge in [-0.2, -0.15) is 0 Å². The van der Waals surface area contributed by atoms with Crippen molar-refractivity contribution in [2.75, 3.05) is 17.2 Å². The van der Waals surface area contributed by atoms with Crippen LogP contribution in [-0.2, 0) is 0 Å². The van der Waals surface area contributed by atoms with Gasteiger partial charge in [-0.05, 0) is 12.1 Å². The van der Waals surface area contributed by atoms with E-state index in [1.54, 1.807) is 12.1 Å². The summed E-state index contributed by atoms with van der Waals surface area (Å²) in [5.41, 5.74) is 17.8. The molecule has 0 radical (unpaired) electrons. The minimum Gasteiger partial charge on any atom is -0.397 e. The number of benzene rings is 1. The molecule has 0 bridgehead atoms. The minimum absolute atomic E-state index is 0.429. The molecule has 3 nitrogen and oxygen atoms in total. The zero-order valence-electron chi connectivity index (χ0n) is 5.33. The zero-order valence-corrected chi connectivity index (χ0v) is 6.23. The van der Waals surface area contributed by atoms with Crippen molar-refractivity contribution in [2.24, 2.45) is 0 Å². The lowest BCUT2D eigenvalue weighted by molar-refractivity contribution is 1.48. The number of hydrogen-bond donors (Lipinski definition) is 4. The van der Waals surface area contributed by atoms with Gasteiger partial charge in [-0.3, -0.25) is 0 Å². The average Bonchev–Trinajstić information content (AvgIpc) is 1.82. The van der Waals surface area contributed by atoms with E-state index in [4.69, 9.17) is 17.2 Å². The van der Waals surface area contributed by atoms with Gasteiger partial charge in [-0.1, -0.05) is 0 Å². The van der Waals surface area contributed by atoms with Crippen molar-refractivity contribution in [3.05, 3.63) is 12.1 Å². The van der Waals surface area contributed by atoms with Gasteiger partial charge in [0.1, 0.15) is 0 Å². The summed E-state index contributed by atoms with van der Waals surface area (Å²) in [6, 6.07) is 3.32. The van der Waals surface area contributed by atoms with Crippen molar-refractivity contribution in [3.63, 3.8) is 0 Å². The van der Waals surface area contributed by atoms with Crippen molar-refractivity contribution in [3.8, 4) is 0 Å². The van der Waals surface area contributed by atoms with Gasteiger partial charge in [-0.15, -0.1) is 12.6 Å². The molecule has 0 aliphatic heterocycles. The minimum atomic E-state index is 0.429. The second-order valence-corrected chi connectivity index (χ2v) is 2.55. The van der Waals surface area contributed by atoms with Gasteiger partial charge in [0.05, 0.1) is 17.1 Å². The van der Waals surface area contributed by atoms with Crippen molar-refractivity contribution < 1.29 is 0 Å². The SMILES string of the molecule is Nc1cc(S)cc(N)c1N. The van der Waals surface area contributed by atoms with Gasteiger partial charge < -0.3 is 17.2 Å². The van der Waals surface area contributed by atoms with E-state index < -0.39 is 0 Å². The van der Waals surface area contributed by atoms with Gasteiger partial charge in [0, 0.05) is 4.90 Å². The number of nitrogen functional groups attached to an aromatic ring is 3. The summed E-state index contributed by atoms with van der Waals surface area (Å²) in [7, 11) is 0. The molecule has 54 valence electrons. The molecule has 0 saturated heterocycles. The van der Waals surface area contributed by atoms with Gasteiger partial charge in [-0.25, -0.2) is 0 Å². The summed E-state index contributed by atoms with van der Waals surface area (Å²) in [6.45, 7) is 0. The van der Waals surface area contributed by atoms with E-state index in [0.717, 1.165) is 4.90 Å². The monoisotopic (exact) mass is 155 g/mol. The van der Waals surface area contributed by atoms with Crippen LogP contribution in [0.2, 0.25) is 0 Å². The maximum atomic E-state index is 5.47. The molecule has 1 aromatic rings. The molecule has 0 aliphatic rings. The van der Waals surface area contributed by atoms with Gasteiger partial charge in [0.15, 0.2) is 0 Å². The van der Waals surface area contributed by atoms with Crippen LogP contribution in [0.15, 0.2) is 17.0 Å². The normalized spacial score (nSPS) is 9.70. The van der Waals surface area contributed by atoms with Crippen LogP contribution in [0.5, 0.6) is 0 Å². The predicted octanol–water partition coefficient (Wildman–Crippen LogP) is 0.722. The second-order valence-electron chi connectivity index (χ2n) is 2.04. The van der Waals surface area contributed by atoms with E-state index in [9.17, 15) is 0 Å². The lowest BCUT2D eigenvalue weighted by Gasteiger charge is -2.03. The summed E-state index contributed by atoms with van der Waals surface area (Å²) < 4.78 is 0. The molecule has 10 heavy (non-hydrogen) atoms. The highest BCUT2D eigenvalue weighted by molar-refractivity contribution is 7.80. The molecule has 4 heteroatoms. The summed E-state index contributed by atoms with van der Waals surface area (Å²) in [4.78, 5) is 0.726. The molecular formula is C6H9N3S. The Balaban J connectivity index is 3.31. The van der Waals surface area contributed by atoms with Crippen LogP contribution in [0.4, 0.5) is 17.1 Å². The molecular weight excluding hydrogens is 146 g/mol. The number of rotatable bonds is 0. The van der Waals surface area contributed by atoms with E-state index in [0.29, 0.717) is 17.1 Å². The highest BCUT2D eigenvalue weighted by atomic mass is 32.1. The van der Waals surface area contributed by atoms with E-state index in [-0.39, 0.29) is 0 Å². The molecule has 1 rings (SSSR count). The molecule has 0 amide bonds. The van der Waals surface area contributed by atoms with Crippen LogP contribution >= 0.6 is 12.6 Å². The molecule has 0 unspecified atom stereocenters. The highest BCUT2D eigenvalue weighted by Gasteiger charge is 1.98. The maximum absolute atomic E-state index is 5.47. The van der Waals surface area contributed by atoms with Crippen LogP contribution in [0.25, 0.3) is 0 Å². The summed E-state index contributed by atoms with van der Waals surface area (Å²) in [6.07, 6.45) is 0. The largest absolute Gasteiger partial charge is 0.397 e. The maximum Gasteiger partial charge on any atom is 0.0782 e. The Morgan fingerprint density at radius 1 is 1.00 bits per heavy atom. The molecule has 6 N–H and O–H groups in total. The molecule has 0 saturated carbocycles. The van der Waals surface area contributed by atoms with Crippen LogP contribution < -0.4 is 17.2 Å². The predicted molar refractivity (Wildman–Crippen MR) is 46.9 cm³/mol. The first-order valence-corrected chi connectivity index (χ1v) is 3.19. The quantitative estimate of drug-likeness (QED) is 0.329. The summed E-state index contributed by atoms with van der Waals surface area (Å²) in [5, 5.41) is 0. The van der Waals surface area contributed by atoms with E-state index in [2.05, 4.69) is 12.6 Å². The standard InChI is InChI=1S/C6H9N3S/c7-4-1-3(10)2-5(8)6(4)9/h1-2,10H,7-9H2. The van der Waals surface area contributed by atoms with Crippen molar-refractivity contribution in [2.45, 2.75) is 4.90 Å². The first-order chi connectivity index (χ1) is 4.61. The zero-order chi connectivity index (χ0) is 7.72. The Morgan fingerprint density at radius 2 is 1.40 bits per heavy atom. The smallest absolute Gasteiger partial charge is 0.0782 e. The molecule has 0 aromatic heterocycles. The van der Waals surface area contributed by atoms with Crippen molar-refractivity contribution in [1.29, 1.82) is 0 Å². The molecule has 0 atom stereocenters. The number of anilines is 3. The van der Waals surface area contributed by atoms with Crippen molar-refractivity contribution >= 4 is 29.7 Å². The third kappa shape index (κ3) is 1.11. The fourth-order valence-electron chi connectivity index (χ4n) is 0.682. The second kappa shape index (κ2) is 2.30. The van der Waals surface area contributed by atoms with E-state index in [1.165, 1.54) is 0 Å². The molecule has 1 aromatic carbocycles. The average molecular weight is 155 g/mol. The molecule has 0 heterocycles. The van der Waals surface area contributed by atoms with E-state index in [1.807, 2.05) is 0 Å². The van der Waals surface area contributed by atoms with Crippen LogP contribution in [0.3, 0.4) is 0 Å². The van der Waals surface area contributed by atoms with Crippen LogP contribution in [0.1, 0.15) is 0 Å². The van der Waals surface area contributed by atoms with Gasteiger partial charge >= 0.3 is 0 Å². The molecule has 0 spiro atoms. The van der Waals surface area contributed by atoms with Gasteiger partial charge in [0.2, 0.25) is 0 Å². The van der Waals surface area contributed by atoms with Crippen LogP contribution in [-0.4, -0.2) is 0 Å².